The largest absolute Gasteiger partial charge is 0.380 e. The minimum Gasteiger partial charge on any atom is -0.380 e. The van der Waals surface area contributed by atoms with Gasteiger partial charge in [0, 0.05) is 37.5 Å². The van der Waals surface area contributed by atoms with Gasteiger partial charge in [0.05, 0.1) is 12.3 Å². The Hall–Kier alpha value is -0.970. The summed E-state index contributed by atoms with van der Waals surface area (Å²) in [4.78, 5) is 6.90. The Morgan fingerprint density at radius 1 is 1.40 bits per heavy atom. The van der Waals surface area contributed by atoms with Crippen molar-refractivity contribution < 1.29 is 4.74 Å². The molecule has 20 heavy (non-hydrogen) atoms. The molecule has 0 radical (unpaired) electrons. The quantitative estimate of drug-likeness (QED) is 0.895. The van der Waals surface area contributed by atoms with Crippen molar-refractivity contribution in [2.45, 2.75) is 51.9 Å². The van der Waals surface area contributed by atoms with Gasteiger partial charge in [-0.1, -0.05) is 6.07 Å². The minimum atomic E-state index is 0.140. The van der Waals surface area contributed by atoms with Gasteiger partial charge in [-0.3, -0.25) is 9.88 Å². The molecule has 1 unspecified atom stereocenters. The van der Waals surface area contributed by atoms with Gasteiger partial charge in [0.25, 0.3) is 0 Å². The molecule has 1 aliphatic heterocycles. The number of pyridine rings is 1. The van der Waals surface area contributed by atoms with Gasteiger partial charge in [-0.15, -0.1) is 0 Å². The molecule has 0 amide bonds. The highest BCUT2D eigenvalue weighted by Gasteiger charge is 2.20. The van der Waals surface area contributed by atoms with E-state index in [0.29, 0.717) is 6.04 Å². The van der Waals surface area contributed by atoms with Crippen molar-refractivity contribution in [1.82, 2.24) is 15.2 Å². The zero-order valence-electron chi connectivity index (χ0n) is 13.1. The highest BCUT2D eigenvalue weighted by Crippen LogP contribution is 2.13. The van der Waals surface area contributed by atoms with Crippen LogP contribution in [-0.2, 0) is 17.8 Å². The second-order valence-corrected chi connectivity index (χ2v) is 6.69. The van der Waals surface area contributed by atoms with Crippen molar-refractivity contribution in [2.24, 2.45) is 0 Å². The smallest absolute Gasteiger partial charge is 0.0622 e. The predicted molar refractivity (Wildman–Crippen MR) is 81.5 cm³/mol. The van der Waals surface area contributed by atoms with Gasteiger partial charge in [0.2, 0.25) is 0 Å². The van der Waals surface area contributed by atoms with Crippen LogP contribution in [0, 0.1) is 0 Å². The van der Waals surface area contributed by atoms with Crippen LogP contribution in [0.5, 0.6) is 0 Å². The molecule has 2 heterocycles. The summed E-state index contributed by atoms with van der Waals surface area (Å²) in [6, 6.07) is 4.84. The average molecular weight is 277 g/mol. The Morgan fingerprint density at radius 3 is 2.75 bits per heavy atom. The van der Waals surface area contributed by atoms with Crippen LogP contribution in [0.1, 0.15) is 38.4 Å². The SMILES string of the molecule is CN(Cc1ccc(CNC(C)(C)C)cn1)C1CCOC1. The van der Waals surface area contributed by atoms with Crippen LogP contribution < -0.4 is 5.32 Å². The summed E-state index contributed by atoms with van der Waals surface area (Å²) in [5, 5.41) is 3.48. The van der Waals surface area contributed by atoms with Gasteiger partial charge in [0.1, 0.15) is 0 Å². The van der Waals surface area contributed by atoms with E-state index >= 15 is 0 Å². The van der Waals surface area contributed by atoms with Crippen LogP contribution in [0.25, 0.3) is 0 Å². The van der Waals surface area contributed by atoms with Crippen LogP contribution >= 0.6 is 0 Å². The Labute approximate surface area is 122 Å². The van der Waals surface area contributed by atoms with E-state index in [9.17, 15) is 0 Å². The summed E-state index contributed by atoms with van der Waals surface area (Å²) in [6.07, 6.45) is 3.11. The molecule has 4 nitrogen and oxygen atoms in total. The molecule has 0 bridgehead atoms. The maximum absolute atomic E-state index is 5.43. The number of nitrogens with one attached hydrogen (secondary N) is 1. The molecule has 1 aromatic heterocycles. The lowest BCUT2D eigenvalue weighted by atomic mass is 10.1. The maximum atomic E-state index is 5.43. The summed E-state index contributed by atoms with van der Waals surface area (Å²) in [5.41, 5.74) is 2.50. The second-order valence-electron chi connectivity index (χ2n) is 6.69. The van der Waals surface area contributed by atoms with Gasteiger partial charge in [-0.2, -0.15) is 0 Å². The number of ether oxygens (including phenoxy) is 1. The standard InChI is InChI=1S/C16H27N3O/c1-16(2,3)18-10-13-5-6-14(17-9-13)11-19(4)15-7-8-20-12-15/h5-6,9,15,18H,7-8,10-12H2,1-4H3. The number of nitrogens with zero attached hydrogens (tertiary/aromatic N) is 2. The Balaban J connectivity index is 1.84. The highest BCUT2D eigenvalue weighted by atomic mass is 16.5. The van der Waals surface area contributed by atoms with Crippen molar-refractivity contribution in [3.63, 3.8) is 0 Å². The van der Waals surface area contributed by atoms with Crippen molar-refractivity contribution in [3.05, 3.63) is 29.6 Å². The molecular weight excluding hydrogens is 250 g/mol. The van der Waals surface area contributed by atoms with E-state index in [1.54, 1.807) is 0 Å². The van der Waals surface area contributed by atoms with Crippen molar-refractivity contribution in [1.29, 1.82) is 0 Å². The van der Waals surface area contributed by atoms with Gasteiger partial charge in [0.15, 0.2) is 0 Å². The van der Waals surface area contributed by atoms with E-state index in [0.717, 1.165) is 38.4 Å². The van der Waals surface area contributed by atoms with Crippen LogP contribution in [-0.4, -0.2) is 41.7 Å². The zero-order valence-corrected chi connectivity index (χ0v) is 13.1. The van der Waals surface area contributed by atoms with Gasteiger partial charge in [-0.25, -0.2) is 0 Å². The van der Waals surface area contributed by atoms with Gasteiger partial charge in [-0.05, 0) is 45.9 Å². The molecule has 0 spiro atoms. The Kier molecular flexibility index (Phi) is 5.13. The maximum Gasteiger partial charge on any atom is 0.0622 e. The molecule has 1 N–H and O–H groups in total. The fraction of sp³-hybridized carbons (Fsp3) is 0.688. The third-order valence-electron chi connectivity index (χ3n) is 3.65. The third kappa shape index (κ3) is 4.85. The van der Waals surface area contributed by atoms with Gasteiger partial charge < -0.3 is 10.1 Å². The molecule has 112 valence electrons. The molecule has 1 aliphatic rings. The molecule has 0 saturated carbocycles. The summed E-state index contributed by atoms with van der Waals surface area (Å²) in [5.74, 6) is 0. The number of hydrogen-bond acceptors (Lipinski definition) is 4. The van der Waals surface area contributed by atoms with E-state index in [1.165, 1.54) is 5.56 Å². The number of likely N-dealkylation sites (N-methyl/N-ethyl adjacent to an activating group) is 1. The molecular formula is C16H27N3O. The van der Waals surface area contributed by atoms with Crippen LogP contribution in [0.2, 0.25) is 0 Å². The molecule has 1 fully saturated rings. The summed E-state index contributed by atoms with van der Waals surface area (Å²) < 4.78 is 5.43. The highest BCUT2D eigenvalue weighted by molar-refractivity contribution is 5.14. The van der Waals surface area contributed by atoms with Crippen molar-refractivity contribution >= 4 is 0 Å². The number of aromatic nitrogens is 1. The van der Waals surface area contributed by atoms with E-state index < -0.39 is 0 Å². The number of hydrogen-bond donors (Lipinski definition) is 1. The van der Waals surface area contributed by atoms with Crippen LogP contribution in [0.4, 0.5) is 0 Å². The first-order valence-corrected chi connectivity index (χ1v) is 7.41. The lowest BCUT2D eigenvalue weighted by molar-refractivity contribution is 0.155. The molecule has 1 atom stereocenters. The average Bonchev–Trinajstić information content (AvgIpc) is 2.91. The third-order valence-corrected chi connectivity index (χ3v) is 3.65. The lowest BCUT2D eigenvalue weighted by Crippen LogP contribution is -2.35. The number of rotatable bonds is 5. The monoisotopic (exact) mass is 277 g/mol. The fourth-order valence-electron chi connectivity index (χ4n) is 2.27. The van der Waals surface area contributed by atoms with E-state index in [2.05, 4.69) is 55.2 Å². The first-order chi connectivity index (χ1) is 9.44. The minimum absolute atomic E-state index is 0.140. The summed E-state index contributed by atoms with van der Waals surface area (Å²) in [7, 11) is 2.15. The fourth-order valence-corrected chi connectivity index (χ4v) is 2.27. The molecule has 4 heteroatoms. The first kappa shape index (κ1) is 15.4. The van der Waals surface area contributed by atoms with E-state index in [1.807, 2.05) is 6.20 Å². The lowest BCUT2D eigenvalue weighted by Gasteiger charge is -2.22. The molecule has 2 rings (SSSR count). The first-order valence-electron chi connectivity index (χ1n) is 7.41. The van der Waals surface area contributed by atoms with E-state index in [4.69, 9.17) is 4.74 Å². The summed E-state index contributed by atoms with van der Waals surface area (Å²) in [6.45, 7) is 10.0. The molecule has 1 saturated heterocycles. The normalized spacial score (nSPS) is 19.8. The molecule has 0 aliphatic carbocycles. The zero-order chi connectivity index (χ0) is 14.6. The van der Waals surface area contributed by atoms with Gasteiger partial charge >= 0.3 is 0 Å². The molecule has 1 aromatic rings. The Bertz CT molecular complexity index is 405. The second kappa shape index (κ2) is 6.66. The van der Waals surface area contributed by atoms with E-state index in [-0.39, 0.29) is 5.54 Å². The van der Waals surface area contributed by atoms with Crippen molar-refractivity contribution in [3.8, 4) is 0 Å². The van der Waals surface area contributed by atoms with Crippen LogP contribution in [0.15, 0.2) is 18.3 Å². The van der Waals surface area contributed by atoms with Crippen LogP contribution in [0.3, 0.4) is 0 Å². The Morgan fingerprint density at radius 2 is 2.20 bits per heavy atom. The van der Waals surface area contributed by atoms with Crippen molar-refractivity contribution in [2.75, 3.05) is 20.3 Å². The summed E-state index contributed by atoms with van der Waals surface area (Å²) >= 11 is 0. The predicted octanol–water partition coefficient (Wildman–Crippen LogP) is 2.19. The topological polar surface area (TPSA) is 37.4 Å². The molecule has 0 aromatic carbocycles.